The molecule has 1 aromatic carbocycles. The fourth-order valence-corrected chi connectivity index (χ4v) is 3.41. The number of carbonyl (C=O) groups excluding carboxylic acids is 1. The first-order chi connectivity index (χ1) is 17.3. The van der Waals surface area contributed by atoms with Crippen LogP contribution in [0.3, 0.4) is 0 Å². The minimum Gasteiger partial charge on any atom is -0.460 e. The van der Waals surface area contributed by atoms with Crippen LogP contribution in [0.2, 0.25) is 0 Å². The number of nitrogens with one attached hydrogen (secondary N) is 2. The van der Waals surface area contributed by atoms with Gasteiger partial charge < -0.3 is 39.1 Å². The summed E-state index contributed by atoms with van der Waals surface area (Å²) in [5.41, 5.74) is 1.54. The van der Waals surface area contributed by atoms with Crippen molar-refractivity contribution < 1.29 is 33.2 Å². The molecule has 1 heterocycles. The number of esters is 1. The molecule has 0 aliphatic carbocycles. The Hall–Kier alpha value is -1.75. The van der Waals surface area contributed by atoms with E-state index in [0.717, 1.165) is 51.0 Å². The molecule has 35 heavy (non-hydrogen) atoms. The van der Waals surface area contributed by atoms with Crippen LogP contribution in [0.1, 0.15) is 43.0 Å². The molecule has 1 aliphatic rings. The van der Waals surface area contributed by atoms with Crippen LogP contribution < -0.4 is 10.6 Å². The van der Waals surface area contributed by atoms with Gasteiger partial charge in [0, 0.05) is 12.2 Å². The molecule has 0 unspecified atom stereocenters. The second-order valence-corrected chi connectivity index (χ2v) is 8.26. The van der Waals surface area contributed by atoms with Crippen molar-refractivity contribution in [2.75, 3.05) is 91.0 Å². The standard InChI is InChI=1S/C26H44N2O7/c1-2-3-10-28-24-6-4-23(5-7-24)26(29)35-22-20-33-18-16-31-14-13-30-15-17-32-19-21-34-25-8-11-27-12-9-25/h4-7,25,27-28H,2-3,8-22H2,1H3. The predicted octanol–water partition coefficient (Wildman–Crippen LogP) is 2.89. The van der Waals surface area contributed by atoms with Crippen LogP contribution in [0.5, 0.6) is 0 Å². The van der Waals surface area contributed by atoms with Gasteiger partial charge in [-0.25, -0.2) is 4.79 Å². The molecule has 0 radical (unpaired) electrons. The molecule has 9 nitrogen and oxygen atoms in total. The molecule has 200 valence electrons. The maximum atomic E-state index is 12.1. The van der Waals surface area contributed by atoms with E-state index in [0.29, 0.717) is 71.1 Å². The van der Waals surface area contributed by atoms with Crippen molar-refractivity contribution in [3.63, 3.8) is 0 Å². The number of piperidine rings is 1. The Labute approximate surface area is 210 Å². The van der Waals surface area contributed by atoms with Gasteiger partial charge in [-0.2, -0.15) is 0 Å². The normalized spacial score (nSPS) is 14.2. The maximum Gasteiger partial charge on any atom is 0.338 e. The molecule has 1 saturated heterocycles. The molecule has 1 aliphatic heterocycles. The van der Waals surface area contributed by atoms with E-state index < -0.39 is 0 Å². The topological polar surface area (TPSA) is 96.5 Å². The van der Waals surface area contributed by atoms with Gasteiger partial charge in [0.15, 0.2) is 0 Å². The number of carbonyl (C=O) groups is 1. The lowest BCUT2D eigenvalue weighted by atomic mass is 10.1. The molecule has 0 aromatic heterocycles. The van der Waals surface area contributed by atoms with Gasteiger partial charge in [-0.1, -0.05) is 13.3 Å². The van der Waals surface area contributed by atoms with Crippen molar-refractivity contribution in [1.82, 2.24) is 5.32 Å². The molecule has 2 rings (SSSR count). The van der Waals surface area contributed by atoms with E-state index in [1.807, 2.05) is 12.1 Å². The first kappa shape index (κ1) is 29.5. The van der Waals surface area contributed by atoms with Gasteiger partial charge in [0.05, 0.1) is 71.1 Å². The van der Waals surface area contributed by atoms with Crippen molar-refractivity contribution in [3.05, 3.63) is 29.8 Å². The lowest BCUT2D eigenvalue weighted by molar-refractivity contribution is -0.0291. The summed E-state index contributed by atoms with van der Waals surface area (Å²) in [4.78, 5) is 12.1. The van der Waals surface area contributed by atoms with Crippen LogP contribution in [-0.2, 0) is 28.4 Å². The predicted molar refractivity (Wildman–Crippen MR) is 135 cm³/mol. The van der Waals surface area contributed by atoms with Gasteiger partial charge in [-0.05, 0) is 56.6 Å². The van der Waals surface area contributed by atoms with Gasteiger partial charge in [-0.3, -0.25) is 0 Å². The van der Waals surface area contributed by atoms with E-state index in [1.54, 1.807) is 12.1 Å². The zero-order valence-electron chi connectivity index (χ0n) is 21.3. The number of anilines is 1. The van der Waals surface area contributed by atoms with Gasteiger partial charge >= 0.3 is 5.97 Å². The molecule has 0 bridgehead atoms. The Morgan fingerprint density at radius 1 is 0.829 bits per heavy atom. The summed E-state index contributed by atoms with van der Waals surface area (Å²) in [5, 5.41) is 6.64. The summed E-state index contributed by atoms with van der Waals surface area (Å²) in [6.07, 6.45) is 4.79. The van der Waals surface area contributed by atoms with Crippen LogP contribution >= 0.6 is 0 Å². The molecule has 0 amide bonds. The number of unbranched alkanes of at least 4 members (excludes halogenated alkanes) is 1. The average molecular weight is 497 g/mol. The third-order valence-corrected chi connectivity index (χ3v) is 5.42. The molecule has 0 spiro atoms. The van der Waals surface area contributed by atoms with Crippen molar-refractivity contribution >= 4 is 11.7 Å². The zero-order valence-corrected chi connectivity index (χ0v) is 21.3. The van der Waals surface area contributed by atoms with Crippen molar-refractivity contribution in [1.29, 1.82) is 0 Å². The summed E-state index contributed by atoms with van der Waals surface area (Å²) < 4.78 is 32.9. The number of rotatable bonds is 21. The van der Waals surface area contributed by atoms with Crippen molar-refractivity contribution in [2.45, 2.75) is 38.7 Å². The first-order valence-corrected chi connectivity index (χ1v) is 12.9. The maximum absolute atomic E-state index is 12.1. The summed E-state index contributed by atoms with van der Waals surface area (Å²) in [6, 6.07) is 7.32. The van der Waals surface area contributed by atoms with Gasteiger partial charge in [0.25, 0.3) is 0 Å². The SMILES string of the molecule is CCCCNc1ccc(C(=O)OCCOCCOCCOCCOCCOC2CCNCC2)cc1. The molecule has 1 fully saturated rings. The van der Waals surface area contributed by atoms with Crippen molar-refractivity contribution in [3.8, 4) is 0 Å². The summed E-state index contributed by atoms with van der Waals surface area (Å²) >= 11 is 0. The molecule has 2 N–H and O–H groups in total. The smallest absolute Gasteiger partial charge is 0.338 e. The van der Waals surface area contributed by atoms with Crippen LogP contribution in [0.15, 0.2) is 24.3 Å². The minimum atomic E-state index is -0.347. The Kier molecular flexibility index (Phi) is 17.2. The Morgan fingerprint density at radius 2 is 1.37 bits per heavy atom. The second-order valence-electron chi connectivity index (χ2n) is 8.26. The minimum absolute atomic E-state index is 0.210. The largest absolute Gasteiger partial charge is 0.460 e. The third-order valence-electron chi connectivity index (χ3n) is 5.42. The highest BCUT2D eigenvalue weighted by molar-refractivity contribution is 5.89. The lowest BCUT2D eigenvalue weighted by Gasteiger charge is -2.22. The number of benzene rings is 1. The summed E-state index contributed by atoms with van der Waals surface area (Å²) in [6.45, 7) is 9.95. The van der Waals surface area contributed by atoms with Crippen LogP contribution in [0.25, 0.3) is 0 Å². The van der Waals surface area contributed by atoms with Gasteiger partial charge in [0.2, 0.25) is 0 Å². The highest BCUT2D eigenvalue weighted by Gasteiger charge is 2.12. The van der Waals surface area contributed by atoms with Gasteiger partial charge in [0.1, 0.15) is 6.61 Å². The highest BCUT2D eigenvalue weighted by Crippen LogP contribution is 2.11. The van der Waals surface area contributed by atoms with Crippen LogP contribution in [0, 0.1) is 0 Å². The van der Waals surface area contributed by atoms with Crippen LogP contribution in [-0.4, -0.2) is 97.8 Å². The van der Waals surface area contributed by atoms with Crippen molar-refractivity contribution in [2.24, 2.45) is 0 Å². The molecule has 0 saturated carbocycles. The second kappa shape index (κ2) is 20.4. The molecule has 1 aromatic rings. The Bertz CT molecular complexity index is 639. The fourth-order valence-electron chi connectivity index (χ4n) is 3.41. The van der Waals surface area contributed by atoms with E-state index in [2.05, 4.69) is 17.6 Å². The average Bonchev–Trinajstić information content (AvgIpc) is 2.89. The summed E-state index contributed by atoms with van der Waals surface area (Å²) in [7, 11) is 0. The van der Waals surface area contributed by atoms with E-state index in [4.69, 9.17) is 28.4 Å². The molecule has 9 heteroatoms. The number of hydrogen-bond donors (Lipinski definition) is 2. The summed E-state index contributed by atoms with van der Waals surface area (Å²) in [5.74, 6) is -0.347. The van der Waals surface area contributed by atoms with Crippen LogP contribution in [0.4, 0.5) is 5.69 Å². The quantitative estimate of drug-likeness (QED) is 0.197. The number of ether oxygens (including phenoxy) is 6. The lowest BCUT2D eigenvalue weighted by Crippen LogP contribution is -2.33. The van der Waals surface area contributed by atoms with Gasteiger partial charge in [-0.15, -0.1) is 0 Å². The first-order valence-electron chi connectivity index (χ1n) is 12.9. The Morgan fingerprint density at radius 3 is 1.94 bits per heavy atom. The van der Waals surface area contributed by atoms with E-state index in [9.17, 15) is 4.79 Å². The van der Waals surface area contributed by atoms with E-state index in [1.165, 1.54) is 0 Å². The zero-order chi connectivity index (χ0) is 24.8. The highest BCUT2D eigenvalue weighted by atomic mass is 16.6. The molecule has 0 atom stereocenters. The molecular weight excluding hydrogens is 452 g/mol. The third kappa shape index (κ3) is 15.1. The Balaban J connectivity index is 1.30. The molecular formula is C26H44N2O7. The fraction of sp³-hybridized carbons (Fsp3) is 0.731. The number of hydrogen-bond acceptors (Lipinski definition) is 9. The monoisotopic (exact) mass is 496 g/mol. The van der Waals surface area contributed by atoms with E-state index >= 15 is 0 Å². The van der Waals surface area contributed by atoms with E-state index in [-0.39, 0.29) is 12.6 Å².